The highest BCUT2D eigenvalue weighted by atomic mass is 16.5. The first-order chi connectivity index (χ1) is 10.5. The molecule has 0 heterocycles. The molecular formula is C19H23NO2. The molecule has 0 aliphatic carbocycles. The van der Waals surface area contributed by atoms with Crippen molar-refractivity contribution in [1.29, 1.82) is 0 Å². The standard InChI is InChI=1S/C19H23NO2/c1-5-18(22-17-8-6-7-13(2)12-17)19(21)20-16-10-14(3)9-15(4)11-16/h6-12,18H,5H2,1-4H3,(H,20,21). The van der Waals surface area contributed by atoms with Gasteiger partial charge in [-0.25, -0.2) is 0 Å². The van der Waals surface area contributed by atoms with Crippen LogP contribution >= 0.6 is 0 Å². The van der Waals surface area contributed by atoms with Gasteiger partial charge in [-0.2, -0.15) is 0 Å². The van der Waals surface area contributed by atoms with Crippen LogP contribution in [0.15, 0.2) is 42.5 Å². The monoisotopic (exact) mass is 297 g/mol. The van der Waals surface area contributed by atoms with Crippen LogP contribution in [0.25, 0.3) is 0 Å². The van der Waals surface area contributed by atoms with E-state index in [9.17, 15) is 4.79 Å². The van der Waals surface area contributed by atoms with Crippen LogP contribution in [0.5, 0.6) is 5.75 Å². The zero-order valence-electron chi connectivity index (χ0n) is 13.6. The largest absolute Gasteiger partial charge is 0.481 e. The fraction of sp³-hybridized carbons (Fsp3) is 0.316. The second kappa shape index (κ2) is 7.12. The van der Waals surface area contributed by atoms with Gasteiger partial charge in [-0.05, 0) is 68.1 Å². The lowest BCUT2D eigenvalue weighted by Crippen LogP contribution is -2.32. The zero-order valence-corrected chi connectivity index (χ0v) is 13.6. The van der Waals surface area contributed by atoms with Crippen molar-refractivity contribution in [2.75, 3.05) is 5.32 Å². The summed E-state index contributed by atoms with van der Waals surface area (Å²) in [4.78, 5) is 12.4. The molecule has 0 aliphatic heterocycles. The summed E-state index contributed by atoms with van der Waals surface area (Å²) in [7, 11) is 0. The first-order valence-corrected chi connectivity index (χ1v) is 7.60. The molecule has 0 aliphatic rings. The van der Waals surface area contributed by atoms with Gasteiger partial charge in [0.2, 0.25) is 0 Å². The van der Waals surface area contributed by atoms with Gasteiger partial charge in [0, 0.05) is 5.69 Å². The van der Waals surface area contributed by atoms with Crippen molar-refractivity contribution >= 4 is 11.6 Å². The Morgan fingerprint density at radius 2 is 1.73 bits per heavy atom. The molecule has 0 bridgehead atoms. The number of ether oxygens (including phenoxy) is 1. The Balaban J connectivity index is 2.08. The molecule has 3 nitrogen and oxygen atoms in total. The summed E-state index contributed by atoms with van der Waals surface area (Å²) in [5, 5.41) is 2.95. The fourth-order valence-electron chi connectivity index (χ4n) is 2.44. The third-order valence-electron chi connectivity index (χ3n) is 3.42. The highest BCUT2D eigenvalue weighted by Crippen LogP contribution is 2.18. The molecule has 0 spiro atoms. The lowest BCUT2D eigenvalue weighted by atomic mass is 10.1. The number of anilines is 1. The number of rotatable bonds is 5. The second-order valence-electron chi connectivity index (χ2n) is 5.70. The van der Waals surface area contributed by atoms with E-state index in [1.807, 2.05) is 64.1 Å². The number of aryl methyl sites for hydroxylation is 3. The van der Waals surface area contributed by atoms with Crippen LogP contribution in [0.3, 0.4) is 0 Å². The number of carbonyl (C=O) groups excluding carboxylic acids is 1. The van der Waals surface area contributed by atoms with Crippen molar-refractivity contribution < 1.29 is 9.53 Å². The lowest BCUT2D eigenvalue weighted by Gasteiger charge is -2.18. The van der Waals surface area contributed by atoms with Crippen molar-refractivity contribution in [1.82, 2.24) is 0 Å². The molecule has 1 atom stereocenters. The predicted molar refractivity (Wildman–Crippen MR) is 90.4 cm³/mol. The Labute approximate surface area is 132 Å². The molecule has 2 aromatic carbocycles. The first kappa shape index (κ1) is 16.1. The van der Waals surface area contributed by atoms with Crippen molar-refractivity contribution in [3.63, 3.8) is 0 Å². The van der Waals surface area contributed by atoms with Gasteiger partial charge in [-0.1, -0.05) is 25.1 Å². The topological polar surface area (TPSA) is 38.3 Å². The highest BCUT2D eigenvalue weighted by molar-refractivity contribution is 5.94. The Morgan fingerprint density at radius 1 is 1.05 bits per heavy atom. The van der Waals surface area contributed by atoms with Gasteiger partial charge in [-0.3, -0.25) is 4.79 Å². The Kier molecular flexibility index (Phi) is 5.21. The van der Waals surface area contributed by atoms with Crippen LogP contribution in [-0.2, 0) is 4.79 Å². The van der Waals surface area contributed by atoms with Gasteiger partial charge in [0.1, 0.15) is 5.75 Å². The van der Waals surface area contributed by atoms with Gasteiger partial charge in [-0.15, -0.1) is 0 Å². The van der Waals surface area contributed by atoms with Gasteiger partial charge >= 0.3 is 0 Å². The van der Waals surface area contributed by atoms with Crippen LogP contribution in [0, 0.1) is 20.8 Å². The van der Waals surface area contributed by atoms with E-state index in [0.717, 1.165) is 28.1 Å². The molecule has 1 unspecified atom stereocenters. The normalized spacial score (nSPS) is 11.8. The molecular weight excluding hydrogens is 274 g/mol. The van der Waals surface area contributed by atoms with E-state index in [-0.39, 0.29) is 5.91 Å². The SMILES string of the molecule is CCC(Oc1cccc(C)c1)C(=O)Nc1cc(C)cc(C)c1. The molecule has 2 aromatic rings. The second-order valence-corrected chi connectivity index (χ2v) is 5.70. The molecule has 0 fully saturated rings. The van der Waals surface area contributed by atoms with E-state index in [2.05, 4.69) is 11.4 Å². The Hall–Kier alpha value is -2.29. The van der Waals surface area contributed by atoms with E-state index < -0.39 is 6.10 Å². The van der Waals surface area contributed by atoms with E-state index >= 15 is 0 Å². The van der Waals surface area contributed by atoms with Gasteiger partial charge in [0.25, 0.3) is 5.91 Å². The maximum Gasteiger partial charge on any atom is 0.265 e. The molecule has 2 rings (SSSR count). The van der Waals surface area contributed by atoms with Gasteiger partial charge < -0.3 is 10.1 Å². The van der Waals surface area contributed by atoms with Crippen LogP contribution < -0.4 is 10.1 Å². The predicted octanol–water partition coefficient (Wildman–Crippen LogP) is 4.41. The molecule has 116 valence electrons. The molecule has 0 aromatic heterocycles. The third-order valence-corrected chi connectivity index (χ3v) is 3.42. The summed E-state index contributed by atoms with van der Waals surface area (Å²) < 4.78 is 5.83. The van der Waals surface area contributed by atoms with Crippen molar-refractivity contribution in [2.45, 2.75) is 40.2 Å². The average molecular weight is 297 g/mol. The molecule has 1 N–H and O–H groups in total. The zero-order chi connectivity index (χ0) is 16.1. The number of nitrogens with one attached hydrogen (secondary N) is 1. The minimum absolute atomic E-state index is 0.117. The van der Waals surface area contributed by atoms with E-state index in [1.54, 1.807) is 0 Å². The molecule has 1 amide bonds. The van der Waals surface area contributed by atoms with E-state index in [4.69, 9.17) is 4.74 Å². The summed E-state index contributed by atoms with van der Waals surface area (Å²) in [5.74, 6) is 0.608. The maximum atomic E-state index is 12.4. The fourth-order valence-corrected chi connectivity index (χ4v) is 2.44. The molecule has 22 heavy (non-hydrogen) atoms. The third kappa shape index (κ3) is 4.35. The summed E-state index contributed by atoms with van der Waals surface area (Å²) >= 11 is 0. The quantitative estimate of drug-likeness (QED) is 0.888. The number of hydrogen-bond donors (Lipinski definition) is 1. The van der Waals surface area contributed by atoms with Crippen LogP contribution in [0.2, 0.25) is 0 Å². The smallest absolute Gasteiger partial charge is 0.265 e. The number of benzene rings is 2. The van der Waals surface area contributed by atoms with Gasteiger partial charge in [0.15, 0.2) is 6.10 Å². The van der Waals surface area contributed by atoms with Crippen molar-refractivity contribution in [2.24, 2.45) is 0 Å². The number of amides is 1. The van der Waals surface area contributed by atoms with E-state index in [1.165, 1.54) is 0 Å². The summed E-state index contributed by atoms with van der Waals surface area (Å²) in [6.07, 6.45) is 0.118. The molecule has 0 radical (unpaired) electrons. The summed E-state index contributed by atoms with van der Waals surface area (Å²) in [6.45, 7) is 7.98. The highest BCUT2D eigenvalue weighted by Gasteiger charge is 2.18. The summed E-state index contributed by atoms with van der Waals surface area (Å²) in [6, 6.07) is 13.7. The minimum Gasteiger partial charge on any atom is -0.481 e. The van der Waals surface area contributed by atoms with Crippen molar-refractivity contribution in [3.05, 3.63) is 59.2 Å². The Morgan fingerprint density at radius 3 is 2.32 bits per heavy atom. The maximum absolute atomic E-state index is 12.4. The lowest BCUT2D eigenvalue weighted by molar-refractivity contribution is -0.122. The van der Waals surface area contributed by atoms with Crippen LogP contribution in [0.4, 0.5) is 5.69 Å². The minimum atomic E-state index is -0.498. The van der Waals surface area contributed by atoms with E-state index in [0.29, 0.717) is 6.42 Å². The van der Waals surface area contributed by atoms with Crippen molar-refractivity contribution in [3.8, 4) is 5.75 Å². The molecule has 0 saturated heterocycles. The molecule has 3 heteroatoms. The number of hydrogen-bond acceptors (Lipinski definition) is 2. The van der Waals surface area contributed by atoms with Gasteiger partial charge in [0.05, 0.1) is 0 Å². The Bertz CT molecular complexity index is 644. The van der Waals surface area contributed by atoms with Crippen LogP contribution in [0.1, 0.15) is 30.0 Å². The first-order valence-electron chi connectivity index (χ1n) is 7.60. The average Bonchev–Trinajstić information content (AvgIpc) is 2.43. The summed E-state index contributed by atoms with van der Waals surface area (Å²) in [5.41, 5.74) is 4.18. The number of carbonyl (C=O) groups is 1. The molecule has 0 saturated carbocycles. The van der Waals surface area contributed by atoms with Crippen LogP contribution in [-0.4, -0.2) is 12.0 Å².